The standard InChI is InChI=1S/C42H77N5O3/c1-8-10-12-14-16-18-19-21-23-25-27-36(26-24-22-20-17-15-13-11-9-2)31-50-40(49)46-37-29-41(5,6)32-42(7,30-37)33-43-39(48)47-38-44-34(3)28-35(4)45-38/h28,36-37H,3,8-27,29-33H2,1-2,4-7H3,(H,46,49)(H3,43,44,45,47,48). The summed E-state index contributed by atoms with van der Waals surface area (Å²) in [6.07, 6.45) is 30.4. The summed E-state index contributed by atoms with van der Waals surface area (Å²) in [4.78, 5) is 30.3. The summed E-state index contributed by atoms with van der Waals surface area (Å²) in [6, 6.07) is -0.313. The van der Waals surface area contributed by atoms with Gasteiger partial charge in [-0.1, -0.05) is 157 Å². The van der Waals surface area contributed by atoms with Crippen LogP contribution in [0.1, 0.15) is 189 Å². The van der Waals surface area contributed by atoms with Crippen LogP contribution in [0.25, 0.3) is 0 Å². The van der Waals surface area contributed by atoms with Crippen LogP contribution in [0.15, 0.2) is 29.0 Å². The number of allylic oxidation sites excluding steroid dienone is 2. The molecule has 2 rings (SSSR count). The van der Waals surface area contributed by atoms with Crippen molar-refractivity contribution in [1.82, 2.24) is 21.3 Å². The quantitative estimate of drug-likeness (QED) is 0.0712. The van der Waals surface area contributed by atoms with Crippen molar-refractivity contribution in [2.75, 3.05) is 13.2 Å². The fourth-order valence-electron chi connectivity index (χ4n) is 8.25. The van der Waals surface area contributed by atoms with Gasteiger partial charge >= 0.3 is 12.1 Å². The van der Waals surface area contributed by atoms with Crippen LogP contribution >= 0.6 is 0 Å². The minimum atomic E-state index is -0.308. The maximum atomic E-state index is 13.2. The molecular formula is C42H77N5O3. The molecule has 1 heterocycles. The average Bonchev–Trinajstić information content (AvgIpc) is 3.03. The summed E-state index contributed by atoms with van der Waals surface area (Å²) in [5.41, 5.74) is 1.32. The Hall–Kier alpha value is -2.51. The molecule has 0 radical (unpaired) electrons. The summed E-state index contributed by atoms with van der Waals surface area (Å²) in [6.45, 7) is 18.0. The van der Waals surface area contributed by atoms with Crippen LogP contribution in [0.5, 0.6) is 0 Å². The average molecular weight is 700 g/mol. The highest BCUT2D eigenvalue weighted by atomic mass is 16.5. The zero-order valence-corrected chi connectivity index (χ0v) is 33.3. The Kier molecular flexibility index (Phi) is 21.5. The monoisotopic (exact) mass is 700 g/mol. The van der Waals surface area contributed by atoms with Gasteiger partial charge in [-0.3, -0.25) is 5.32 Å². The molecule has 0 aromatic heterocycles. The molecule has 1 aliphatic heterocycles. The van der Waals surface area contributed by atoms with Crippen LogP contribution in [0.4, 0.5) is 9.59 Å². The lowest BCUT2D eigenvalue weighted by atomic mass is 9.62. The third-order valence-electron chi connectivity index (χ3n) is 10.5. The summed E-state index contributed by atoms with van der Waals surface area (Å²) < 4.78 is 5.95. The maximum Gasteiger partial charge on any atom is 0.407 e. The van der Waals surface area contributed by atoms with E-state index >= 15 is 0 Å². The van der Waals surface area contributed by atoms with E-state index in [4.69, 9.17) is 4.74 Å². The van der Waals surface area contributed by atoms with E-state index in [1.165, 1.54) is 116 Å². The molecule has 3 amide bonds. The molecule has 1 saturated carbocycles. The summed E-state index contributed by atoms with van der Waals surface area (Å²) in [5, 5.41) is 12.0. The third kappa shape index (κ3) is 20.4. The molecule has 0 bridgehead atoms. The molecule has 3 unspecified atom stereocenters. The van der Waals surface area contributed by atoms with Crippen LogP contribution in [0, 0.1) is 16.7 Å². The van der Waals surface area contributed by atoms with Gasteiger partial charge in [0.05, 0.1) is 6.61 Å². The van der Waals surface area contributed by atoms with E-state index in [0.717, 1.165) is 37.8 Å². The molecule has 0 spiro atoms. The lowest BCUT2D eigenvalue weighted by Crippen LogP contribution is -2.53. The Labute approximate surface area is 307 Å². The Morgan fingerprint density at radius 3 is 1.90 bits per heavy atom. The Balaban J connectivity index is 1.80. The number of carbonyl (C=O) groups is 2. The predicted molar refractivity (Wildman–Crippen MR) is 211 cm³/mol. The van der Waals surface area contributed by atoms with Gasteiger partial charge in [-0.05, 0) is 61.9 Å². The van der Waals surface area contributed by atoms with E-state index < -0.39 is 0 Å². The predicted octanol–water partition coefficient (Wildman–Crippen LogP) is 11.4. The molecule has 2 aliphatic rings. The van der Waals surface area contributed by atoms with Gasteiger partial charge in [0.25, 0.3) is 0 Å². The van der Waals surface area contributed by atoms with Gasteiger partial charge in [-0.15, -0.1) is 0 Å². The molecule has 288 valence electrons. The first kappa shape index (κ1) is 43.7. The van der Waals surface area contributed by atoms with Gasteiger partial charge in [0.15, 0.2) is 0 Å². The smallest absolute Gasteiger partial charge is 0.407 e. The molecule has 1 fully saturated rings. The number of hydrogen-bond donors (Lipinski definition) is 4. The number of aliphatic imine (C=N–C) groups is 1. The number of guanidine groups is 1. The molecule has 0 aromatic carbocycles. The second-order valence-corrected chi connectivity index (χ2v) is 16.8. The fraction of sp³-hybridized carbons (Fsp3) is 0.833. The third-order valence-corrected chi connectivity index (χ3v) is 10.5. The molecule has 0 saturated heterocycles. The molecule has 50 heavy (non-hydrogen) atoms. The lowest BCUT2D eigenvalue weighted by Gasteiger charge is -2.46. The first-order chi connectivity index (χ1) is 23.9. The Bertz CT molecular complexity index is 1050. The van der Waals surface area contributed by atoms with Crippen molar-refractivity contribution in [2.45, 2.75) is 195 Å². The molecule has 8 heteroatoms. The minimum Gasteiger partial charge on any atom is -0.449 e. The van der Waals surface area contributed by atoms with Crippen LogP contribution in [-0.2, 0) is 4.74 Å². The number of amides is 3. The number of urea groups is 1. The first-order valence-corrected chi connectivity index (χ1v) is 20.6. The number of nitrogens with one attached hydrogen (secondary N) is 4. The lowest BCUT2D eigenvalue weighted by molar-refractivity contribution is 0.0633. The van der Waals surface area contributed by atoms with Gasteiger partial charge in [-0.2, -0.15) is 0 Å². The number of hydrogen-bond acceptors (Lipinski definition) is 5. The normalized spacial score (nSPS) is 20.7. The zero-order valence-electron chi connectivity index (χ0n) is 33.3. The highest BCUT2D eigenvalue weighted by molar-refractivity contribution is 5.98. The summed E-state index contributed by atoms with van der Waals surface area (Å²) in [7, 11) is 0. The van der Waals surface area contributed by atoms with E-state index in [9.17, 15) is 9.59 Å². The van der Waals surface area contributed by atoms with Gasteiger partial charge < -0.3 is 20.7 Å². The van der Waals surface area contributed by atoms with Crippen molar-refractivity contribution in [3.8, 4) is 0 Å². The van der Waals surface area contributed by atoms with E-state index in [2.05, 4.69) is 67.5 Å². The Morgan fingerprint density at radius 2 is 1.38 bits per heavy atom. The maximum absolute atomic E-state index is 13.2. The minimum absolute atomic E-state index is 0.00487. The van der Waals surface area contributed by atoms with Gasteiger partial charge in [0.1, 0.15) is 0 Å². The van der Waals surface area contributed by atoms with Crippen molar-refractivity contribution < 1.29 is 14.3 Å². The number of carbonyl (C=O) groups excluding carboxylic acids is 2. The topological polar surface area (TPSA) is 104 Å². The van der Waals surface area contributed by atoms with Gasteiger partial charge in [0, 0.05) is 24.0 Å². The van der Waals surface area contributed by atoms with Crippen molar-refractivity contribution in [3.05, 3.63) is 24.0 Å². The van der Waals surface area contributed by atoms with Gasteiger partial charge in [0.2, 0.25) is 5.96 Å². The SMILES string of the molecule is C=C1C=C(C)N=C(NC(=O)NCC2(C)CC(NC(=O)OCC(CCCCCCCCCC)CCCCCCCCCCCC)CC(C)(C)C2)N1. The van der Waals surface area contributed by atoms with Gasteiger partial charge in [-0.25, -0.2) is 14.6 Å². The number of rotatable bonds is 25. The Morgan fingerprint density at radius 1 is 0.860 bits per heavy atom. The second kappa shape index (κ2) is 24.6. The van der Waals surface area contributed by atoms with E-state index in [1.54, 1.807) is 0 Å². The molecule has 8 nitrogen and oxygen atoms in total. The van der Waals surface area contributed by atoms with Crippen LogP contribution in [-0.4, -0.2) is 37.3 Å². The second-order valence-electron chi connectivity index (χ2n) is 16.8. The van der Waals surface area contributed by atoms with Crippen molar-refractivity contribution in [2.24, 2.45) is 21.7 Å². The van der Waals surface area contributed by atoms with E-state index in [0.29, 0.717) is 30.7 Å². The molecular weight excluding hydrogens is 622 g/mol. The summed E-state index contributed by atoms with van der Waals surface area (Å²) >= 11 is 0. The number of ether oxygens (including phenoxy) is 1. The number of nitrogens with zero attached hydrogens (tertiary/aromatic N) is 1. The van der Waals surface area contributed by atoms with Crippen LogP contribution in [0.3, 0.4) is 0 Å². The van der Waals surface area contributed by atoms with E-state index in [-0.39, 0.29) is 29.0 Å². The largest absolute Gasteiger partial charge is 0.449 e. The molecule has 0 aromatic rings. The van der Waals surface area contributed by atoms with Crippen LogP contribution < -0.4 is 21.3 Å². The number of alkyl carbamates (subject to hydrolysis) is 1. The highest BCUT2D eigenvalue weighted by Gasteiger charge is 2.42. The number of unbranched alkanes of at least 4 members (excludes halogenated alkanes) is 16. The van der Waals surface area contributed by atoms with Crippen molar-refractivity contribution in [3.63, 3.8) is 0 Å². The van der Waals surface area contributed by atoms with Crippen molar-refractivity contribution in [1.29, 1.82) is 0 Å². The zero-order chi connectivity index (χ0) is 36.7. The molecule has 3 atom stereocenters. The molecule has 1 aliphatic carbocycles. The van der Waals surface area contributed by atoms with Crippen LogP contribution in [0.2, 0.25) is 0 Å². The summed E-state index contributed by atoms with van der Waals surface area (Å²) in [5.74, 6) is 0.808. The van der Waals surface area contributed by atoms with Crippen molar-refractivity contribution >= 4 is 18.1 Å². The first-order valence-electron chi connectivity index (χ1n) is 20.6. The fourth-order valence-corrected chi connectivity index (χ4v) is 8.25. The highest BCUT2D eigenvalue weighted by Crippen LogP contribution is 2.45. The van der Waals surface area contributed by atoms with E-state index in [1.807, 2.05) is 13.0 Å². The molecule has 4 N–H and O–H groups in total.